The zero-order valence-corrected chi connectivity index (χ0v) is 20.0. The maximum absolute atomic E-state index is 12.7. The molecule has 2 aromatic carbocycles. The number of fused-ring (bicyclic) bond motifs is 1. The molecular formula is C26H30ClN5O2. The number of hydrogen-bond donors (Lipinski definition) is 1. The molecule has 1 saturated heterocycles. The Kier molecular flexibility index (Phi) is 7.11. The Morgan fingerprint density at radius 2 is 1.88 bits per heavy atom. The van der Waals surface area contributed by atoms with Crippen LogP contribution < -0.4 is 10.2 Å². The molecule has 3 heterocycles. The number of nitrogens with zero attached hydrogens (tertiary/aromatic N) is 4. The average molecular weight is 480 g/mol. The van der Waals surface area contributed by atoms with Gasteiger partial charge in [0.05, 0.1) is 11.6 Å². The lowest BCUT2D eigenvalue weighted by atomic mass is 9.96. The van der Waals surface area contributed by atoms with E-state index < -0.39 is 0 Å². The molecule has 178 valence electrons. The van der Waals surface area contributed by atoms with E-state index in [9.17, 15) is 4.79 Å². The van der Waals surface area contributed by atoms with Gasteiger partial charge in [-0.1, -0.05) is 47.1 Å². The lowest BCUT2D eigenvalue weighted by Crippen LogP contribution is -2.40. The van der Waals surface area contributed by atoms with E-state index in [-0.39, 0.29) is 11.8 Å². The lowest BCUT2D eigenvalue weighted by molar-refractivity contribution is -0.126. The topological polar surface area (TPSA) is 74.5 Å². The Bertz CT molecular complexity index is 1130. The van der Waals surface area contributed by atoms with Crippen molar-refractivity contribution in [2.24, 2.45) is 5.92 Å². The highest BCUT2D eigenvalue weighted by atomic mass is 35.5. The Morgan fingerprint density at radius 3 is 2.74 bits per heavy atom. The molecule has 2 aliphatic rings. The second kappa shape index (κ2) is 10.6. The van der Waals surface area contributed by atoms with Crippen LogP contribution >= 0.6 is 11.6 Å². The van der Waals surface area contributed by atoms with Crippen LogP contribution in [-0.2, 0) is 17.8 Å². The molecule has 5 rings (SSSR count). The first-order valence-electron chi connectivity index (χ1n) is 12.1. The molecule has 0 saturated carbocycles. The molecule has 3 aromatic rings. The summed E-state index contributed by atoms with van der Waals surface area (Å²) in [5.41, 5.74) is 3.55. The second-order valence-electron chi connectivity index (χ2n) is 9.05. The molecule has 0 radical (unpaired) electrons. The number of likely N-dealkylation sites (tertiary alicyclic amines) is 1. The Labute approximate surface area is 205 Å². The molecule has 0 aliphatic carbocycles. The van der Waals surface area contributed by atoms with Crippen molar-refractivity contribution in [1.29, 1.82) is 0 Å². The van der Waals surface area contributed by atoms with Crippen molar-refractivity contribution >= 4 is 23.2 Å². The zero-order valence-electron chi connectivity index (χ0n) is 19.3. The van der Waals surface area contributed by atoms with Crippen LogP contribution in [0, 0.1) is 5.92 Å². The largest absolute Gasteiger partial charge is 0.371 e. The third kappa shape index (κ3) is 5.26. The molecule has 1 N–H and O–H groups in total. The maximum atomic E-state index is 12.7. The van der Waals surface area contributed by atoms with Crippen molar-refractivity contribution in [2.45, 2.75) is 32.2 Å². The fourth-order valence-electron chi connectivity index (χ4n) is 4.88. The van der Waals surface area contributed by atoms with Crippen LogP contribution in [0.1, 0.15) is 30.7 Å². The van der Waals surface area contributed by atoms with Crippen LogP contribution in [0.2, 0.25) is 5.02 Å². The van der Waals surface area contributed by atoms with E-state index in [1.165, 1.54) is 11.3 Å². The predicted molar refractivity (Wildman–Crippen MR) is 133 cm³/mol. The lowest BCUT2D eigenvalue weighted by Gasteiger charge is -2.30. The fourth-order valence-corrected chi connectivity index (χ4v) is 5.10. The van der Waals surface area contributed by atoms with Crippen LogP contribution in [0.15, 0.2) is 53.1 Å². The van der Waals surface area contributed by atoms with Gasteiger partial charge in [0.25, 0.3) is 0 Å². The highest BCUT2D eigenvalue weighted by molar-refractivity contribution is 6.33. The van der Waals surface area contributed by atoms with Gasteiger partial charge in [0, 0.05) is 36.8 Å². The van der Waals surface area contributed by atoms with Gasteiger partial charge < -0.3 is 14.7 Å². The molecule has 8 heteroatoms. The number of halogens is 1. The summed E-state index contributed by atoms with van der Waals surface area (Å²) in [6.45, 7) is 5.05. The summed E-state index contributed by atoms with van der Waals surface area (Å²) in [5.74, 6) is 1.33. The van der Waals surface area contributed by atoms with Gasteiger partial charge in [0.1, 0.15) is 0 Å². The van der Waals surface area contributed by atoms with Crippen LogP contribution in [0.3, 0.4) is 0 Å². The van der Waals surface area contributed by atoms with E-state index in [4.69, 9.17) is 16.1 Å². The van der Waals surface area contributed by atoms with E-state index in [1.807, 2.05) is 24.3 Å². The highest BCUT2D eigenvalue weighted by Gasteiger charge is 2.26. The van der Waals surface area contributed by atoms with E-state index in [1.54, 1.807) is 0 Å². The number of carbonyl (C=O) groups excluding carboxylic acids is 1. The Morgan fingerprint density at radius 1 is 1.09 bits per heavy atom. The van der Waals surface area contributed by atoms with Crippen molar-refractivity contribution in [3.63, 3.8) is 0 Å². The quantitative estimate of drug-likeness (QED) is 0.489. The molecule has 34 heavy (non-hydrogen) atoms. The number of aromatic nitrogens is 2. The number of para-hydroxylation sites is 1. The van der Waals surface area contributed by atoms with Crippen molar-refractivity contribution in [1.82, 2.24) is 20.4 Å². The average Bonchev–Trinajstić information content (AvgIpc) is 3.50. The molecule has 0 unspecified atom stereocenters. The van der Waals surface area contributed by atoms with Gasteiger partial charge in [-0.25, -0.2) is 0 Å². The van der Waals surface area contributed by atoms with Gasteiger partial charge in [-0.2, -0.15) is 4.98 Å². The standard InChI is InChI=1S/C26H30ClN5O2/c27-22-8-3-2-7-21(22)25-29-24(34-30-25)18-31-15-10-20(11-16-31)26(33)28-13-5-14-32-17-12-19-6-1-4-9-23(19)32/h1-4,6-9,20H,5,10-18H2,(H,28,33). The molecule has 1 amide bonds. The third-order valence-corrected chi connectivity index (χ3v) is 7.12. The Hall–Kier alpha value is -2.90. The molecule has 7 nitrogen and oxygen atoms in total. The number of amides is 1. The fraction of sp³-hybridized carbons (Fsp3) is 0.423. The predicted octanol–water partition coefficient (Wildman–Crippen LogP) is 4.17. The summed E-state index contributed by atoms with van der Waals surface area (Å²) >= 11 is 6.23. The monoisotopic (exact) mass is 479 g/mol. The van der Waals surface area contributed by atoms with E-state index in [2.05, 4.69) is 49.5 Å². The van der Waals surface area contributed by atoms with Gasteiger partial charge in [-0.15, -0.1) is 0 Å². The minimum Gasteiger partial charge on any atom is -0.371 e. The third-order valence-electron chi connectivity index (χ3n) is 6.79. The van der Waals surface area contributed by atoms with Gasteiger partial charge in [0.15, 0.2) is 0 Å². The smallest absolute Gasteiger partial charge is 0.241 e. The number of rotatable bonds is 8. The first-order chi connectivity index (χ1) is 16.7. The van der Waals surface area contributed by atoms with Crippen molar-refractivity contribution in [2.75, 3.05) is 37.6 Å². The molecule has 0 atom stereocenters. The summed E-state index contributed by atoms with van der Waals surface area (Å²) in [4.78, 5) is 21.8. The van der Waals surface area contributed by atoms with Crippen molar-refractivity contribution in [3.8, 4) is 11.4 Å². The molecule has 0 spiro atoms. The van der Waals surface area contributed by atoms with Crippen LogP contribution in [0.25, 0.3) is 11.4 Å². The first kappa shape index (κ1) is 22.9. The van der Waals surface area contributed by atoms with E-state index >= 15 is 0 Å². The summed E-state index contributed by atoms with van der Waals surface area (Å²) in [6, 6.07) is 16.1. The molecule has 0 bridgehead atoms. The van der Waals surface area contributed by atoms with Gasteiger partial charge in [-0.3, -0.25) is 9.69 Å². The number of anilines is 1. The summed E-state index contributed by atoms with van der Waals surface area (Å²) in [5, 5.41) is 7.83. The van der Waals surface area contributed by atoms with E-state index in [0.29, 0.717) is 23.3 Å². The minimum absolute atomic E-state index is 0.0742. The number of hydrogen-bond acceptors (Lipinski definition) is 6. The number of nitrogens with one attached hydrogen (secondary N) is 1. The SMILES string of the molecule is O=C(NCCCN1CCc2ccccc21)C1CCN(Cc2nc(-c3ccccc3Cl)no2)CC1. The molecule has 2 aliphatic heterocycles. The normalized spacial score (nSPS) is 16.6. The summed E-state index contributed by atoms with van der Waals surface area (Å²) in [6.07, 6.45) is 3.77. The molecule has 1 fully saturated rings. The first-order valence-corrected chi connectivity index (χ1v) is 12.5. The summed E-state index contributed by atoms with van der Waals surface area (Å²) in [7, 11) is 0. The zero-order chi connectivity index (χ0) is 23.3. The van der Waals surface area contributed by atoms with Gasteiger partial charge in [-0.05, 0) is 62.5 Å². The van der Waals surface area contributed by atoms with E-state index in [0.717, 1.165) is 64.0 Å². The second-order valence-corrected chi connectivity index (χ2v) is 9.46. The van der Waals surface area contributed by atoms with Gasteiger partial charge in [0.2, 0.25) is 17.6 Å². The highest BCUT2D eigenvalue weighted by Crippen LogP contribution is 2.28. The Balaban J connectivity index is 1.02. The van der Waals surface area contributed by atoms with Crippen LogP contribution in [-0.4, -0.2) is 53.7 Å². The number of piperidine rings is 1. The van der Waals surface area contributed by atoms with Gasteiger partial charge >= 0.3 is 0 Å². The van der Waals surface area contributed by atoms with Crippen molar-refractivity contribution < 1.29 is 9.32 Å². The molecule has 1 aromatic heterocycles. The van der Waals surface area contributed by atoms with Crippen LogP contribution in [0.4, 0.5) is 5.69 Å². The number of benzene rings is 2. The minimum atomic E-state index is 0.0742. The van der Waals surface area contributed by atoms with Crippen LogP contribution in [0.5, 0.6) is 0 Å². The molecular weight excluding hydrogens is 450 g/mol. The number of carbonyl (C=O) groups is 1. The maximum Gasteiger partial charge on any atom is 0.241 e. The summed E-state index contributed by atoms with van der Waals surface area (Å²) < 4.78 is 5.44. The van der Waals surface area contributed by atoms with Crippen molar-refractivity contribution in [3.05, 3.63) is 65.0 Å².